The van der Waals surface area contributed by atoms with Crippen LogP contribution < -0.4 is 4.90 Å². The number of aromatic nitrogens is 1. The third-order valence-electron chi connectivity index (χ3n) is 6.32. The summed E-state index contributed by atoms with van der Waals surface area (Å²) < 4.78 is 2.20. The molecular formula is C28H23Cl2N3OS. The molecule has 5 rings (SSSR count). The lowest BCUT2D eigenvalue weighted by molar-refractivity contribution is -0.114. The van der Waals surface area contributed by atoms with Crippen molar-refractivity contribution in [3.05, 3.63) is 105 Å². The molecule has 0 aliphatic carbocycles. The first-order chi connectivity index (χ1) is 16.9. The highest BCUT2D eigenvalue weighted by Gasteiger charge is 2.36. The van der Waals surface area contributed by atoms with Gasteiger partial charge >= 0.3 is 0 Å². The van der Waals surface area contributed by atoms with Crippen LogP contribution in [0.2, 0.25) is 10.0 Å². The molecular weight excluding hydrogens is 497 g/mol. The first-order valence-corrected chi connectivity index (χ1v) is 12.5. The van der Waals surface area contributed by atoms with Gasteiger partial charge in [-0.15, -0.1) is 0 Å². The Morgan fingerprint density at radius 1 is 0.971 bits per heavy atom. The van der Waals surface area contributed by atoms with Crippen LogP contribution in [0.5, 0.6) is 0 Å². The summed E-state index contributed by atoms with van der Waals surface area (Å²) in [6, 6.07) is 21.3. The fraction of sp³-hybridized carbons (Fsp3) is 0.143. The number of fused-ring (bicyclic) bond motifs is 1. The summed E-state index contributed by atoms with van der Waals surface area (Å²) in [6.45, 7) is 2.73. The van der Waals surface area contributed by atoms with Gasteiger partial charge in [-0.25, -0.2) is 0 Å². The molecule has 0 radical (unpaired) electrons. The van der Waals surface area contributed by atoms with Crippen LogP contribution in [0.3, 0.4) is 0 Å². The molecule has 1 aliphatic heterocycles. The van der Waals surface area contributed by atoms with E-state index in [2.05, 4.69) is 35.9 Å². The van der Waals surface area contributed by atoms with Gasteiger partial charge in [-0.3, -0.25) is 9.69 Å². The van der Waals surface area contributed by atoms with Gasteiger partial charge in [0.1, 0.15) is 5.70 Å². The highest BCUT2D eigenvalue weighted by molar-refractivity contribution is 7.80. The Bertz CT molecular complexity index is 1490. The summed E-state index contributed by atoms with van der Waals surface area (Å²) in [7, 11) is 1.83. The molecule has 7 heteroatoms. The summed E-state index contributed by atoms with van der Waals surface area (Å²) in [5.74, 6) is -0.142. The molecule has 4 aromatic rings. The van der Waals surface area contributed by atoms with Crippen LogP contribution in [0.4, 0.5) is 5.69 Å². The van der Waals surface area contributed by atoms with Gasteiger partial charge in [0.15, 0.2) is 5.11 Å². The van der Waals surface area contributed by atoms with Crippen molar-refractivity contribution in [2.75, 3.05) is 11.9 Å². The molecule has 1 aliphatic rings. The molecule has 1 aromatic heterocycles. The van der Waals surface area contributed by atoms with Gasteiger partial charge in [-0.1, -0.05) is 72.6 Å². The van der Waals surface area contributed by atoms with Crippen molar-refractivity contribution in [3.63, 3.8) is 0 Å². The van der Waals surface area contributed by atoms with Crippen molar-refractivity contribution in [3.8, 4) is 0 Å². The van der Waals surface area contributed by atoms with Crippen molar-refractivity contribution in [1.29, 1.82) is 0 Å². The molecule has 0 bridgehead atoms. The standard InChI is InChI=1S/C28H23Cl2N3OS/c1-3-18-8-7-11-23-20(17-32(26(18)23)16-19-12-13-21(29)15-24(19)30)14-25-27(34)33(28(35)31(25)2)22-9-5-4-6-10-22/h4-15,17H,3,16H2,1-2H3/b25-14-. The van der Waals surface area contributed by atoms with Gasteiger partial charge in [-0.2, -0.15) is 0 Å². The molecule has 1 saturated heterocycles. The quantitative estimate of drug-likeness (QED) is 0.207. The minimum Gasteiger partial charge on any atom is -0.342 e. The SMILES string of the molecule is CCc1cccc2c(/C=C3/C(=O)N(c4ccccc4)C(=S)N3C)cn(Cc3ccc(Cl)cc3Cl)c12. The van der Waals surface area contributed by atoms with Crippen molar-refractivity contribution < 1.29 is 4.79 Å². The predicted octanol–water partition coefficient (Wildman–Crippen LogP) is 7.16. The van der Waals surface area contributed by atoms with E-state index in [1.165, 1.54) is 5.56 Å². The van der Waals surface area contributed by atoms with E-state index in [-0.39, 0.29) is 5.91 Å². The normalized spacial score (nSPS) is 15.1. The van der Waals surface area contributed by atoms with Gasteiger partial charge in [0, 0.05) is 40.8 Å². The maximum absolute atomic E-state index is 13.5. The van der Waals surface area contributed by atoms with Gasteiger partial charge in [-0.05, 0) is 60.1 Å². The number of thiocarbonyl (C=S) groups is 1. The van der Waals surface area contributed by atoms with Crippen LogP contribution in [0, 0.1) is 0 Å². The van der Waals surface area contributed by atoms with E-state index in [0.29, 0.717) is 27.4 Å². The van der Waals surface area contributed by atoms with E-state index in [9.17, 15) is 4.79 Å². The van der Waals surface area contributed by atoms with Gasteiger partial charge in [0.25, 0.3) is 5.91 Å². The average Bonchev–Trinajstić information content (AvgIpc) is 3.31. The first-order valence-electron chi connectivity index (χ1n) is 11.3. The lowest BCUT2D eigenvalue weighted by atomic mass is 10.1. The van der Waals surface area contributed by atoms with Gasteiger partial charge < -0.3 is 9.47 Å². The second-order valence-electron chi connectivity index (χ2n) is 8.46. The first kappa shape index (κ1) is 23.6. The number of aryl methyl sites for hydroxylation is 1. The summed E-state index contributed by atoms with van der Waals surface area (Å²) in [5, 5.41) is 2.77. The highest BCUT2D eigenvalue weighted by atomic mass is 35.5. The molecule has 0 saturated carbocycles. The summed E-state index contributed by atoms with van der Waals surface area (Å²) in [4.78, 5) is 16.8. The van der Waals surface area contributed by atoms with Crippen molar-refractivity contribution in [2.45, 2.75) is 19.9 Å². The van der Waals surface area contributed by atoms with Crippen LogP contribution in [0.25, 0.3) is 17.0 Å². The molecule has 35 heavy (non-hydrogen) atoms. The van der Waals surface area contributed by atoms with E-state index in [1.807, 2.05) is 55.6 Å². The molecule has 0 atom stereocenters. The van der Waals surface area contributed by atoms with E-state index in [4.69, 9.17) is 35.4 Å². The number of likely N-dealkylation sites (N-methyl/N-ethyl adjacent to an activating group) is 1. The third kappa shape index (κ3) is 4.25. The number of amides is 1. The number of hydrogen-bond donors (Lipinski definition) is 0. The summed E-state index contributed by atoms with van der Waals surface area (Å²) in [5.41, 5.74) is 5.57. The van der Waals surface area contributed by atoms with E-state index in [0.717, 1.165) is 34.1 Å². The van der Waals surface area contributed by atoms with E-state index >= 15 is 0 Å². The van der Waals surface area contributed by atoms with Crippen molar-refractivity contribution in [2.24, 2.45) is 0 Å². The number of benzene rings is 3. The lowest BCUT2D eigenvalue weighted by Crippen LogP contribution is -2.30. The maximum Gasteiger partial charge on any atom is 0.281 e. The van der Waals surface area contributed by atoms with Crippen molar-refractivity contribution in [1.82, 2.24) is 9.47 Å². The molecule has 176 valence electrons. The molecule has 2 heterocycles. The molecule has 4 nitrogen and oxygen atoms in total. The summed E-state index contributed by atoms with van der Waals surface area (Å²) in [6.07, 6.45) is 4.90. The fourth-order valence-electron chi connectivity index (χ4n) is 4.53. The summed E-state index contributed by atoms with van der Waals surface area (Å²) >= 11 is 18.2. The van der Waals surface area contributed by atoms with Crippen LogP contribution >= 0.6 is 35.4 Å². The monoisotopic (exact) mass is 519 g/mol. The Labute approximate surface area is 220 Å². The topological polar surface area (TPSA) is 28.5 Å². The Morgan fingerprint density at radius 3 is 2.46 bits per heavy atom. The number of carbonyl (C=O) groups excluding carboxylic acids is 1. The Balaban J connectivity index is 1.62. The Morgan fingerprint density at radius 2 is 1.74 bits per heavy atom. The largest absolute Gasteiger partial charge is 0.342 e. The molecule has 0 unspecified atom stereocenters. The number of nitrogens with zero attached hydrogens (tertiary/aromatic N) is 3. The Hall–Kier alpha value is -3.12. The lowest BCUT2D eigenvalue weighted by Gasteiger charge is -2.16. The van der Waals surface area contributed by atoms with Crippen LogP contribution in [-0.2, 0) is 17.8 Å². The zero-order valence-electron chi connectivity index (χ0n) is 19.3. The highest BCUT2D eigenvalue weighted by Crippen LogP contribution is 2.33. The average molecular weight is 520 g/mol. The van der Waals surface area contributed by atoms with Crippen LogP contribution in [-0.4, -0.2) is 27.5 Å². The molecule has 3 aromatic carbocycles. The minimum absolute atomic E-state index is 0.142. The zero-order valence-corrected chi connectivity index (χ0v) is 21.7. The number of carbonyl (C=O) groups is 1. The molecule has 1 fully saturated rings. The van der Waals surface area contributed by atoms with Gasteiger partial charge in [0.2, 0.25) is 0 Å². The number of para-hydroxylation sites is 2. The van der Waals surface area contributed by atoms with Crippen LogP contribution in [0.15, 0.2) is 78.6 Å². The smallest absolute Gasteiger partial charge is 0.281 e. The maximum atomic E-state index is 13.5. The van der Waals surface area contributed by atoms with Crippen molar-refractivity contribution >= 4 is 69.1 Å². The zero-order chi connectivity index (χ0) is 24.7. The number of rotatable bonds is 5. The molecule has 1 amide bonds. The molecule has 0 N–H and O–H groups in total. The van der Waals surface area contributed by atoms with E-state index in [1.54, 1.807) is 15.9 Å². The number of anilines is 1. The number of hydrogen-bond acceptors (Lipinski definition) is 2. The van der Waals surface area contributed by atoms with E-state index < -0.39 is 0 Å². The number of halogens is 2. The fourth-order valence-corrected chi connectivity index (χ4v) is 5.29. The third-order valence-corrected chi connectivity index (χ3v) is 7.36. The Kier molecular flexibility index (Phi) is 6.41. The predicted molar refractivity (Wildman–Crippen MR) is 149 cm³/mol. The molecule has 0 spiro atoms. The second kappa shape index (κ2) is 9.50. The van der Waals surface area contributed by atoms with Crippen LogP contribution in [0.1, 0.15) is 23.6 Å². The second-order valence-corrected chi connectivity index (χ2v) is 9.67. The van der Waals surface area contributed by atoms with Gasteiger partial charge in [0.05, 0.1) is 11.2 Å². The minimum atomic E-state index is -0.142.